The summed E-state index contributed by atoms with van der Waals surface area (Å²) in [5, 5.41) is 18.0. The number of hydrogen-bond donors (Lipinski definition) is 3. The number of aromatic nitrogens is 4. The van der Waals surface area contributed by atoms with Gasteiger partial charge in [0.25, 0.3) is 5.91 Å². The monoisotopic (exact) mass is 1130 g/mol. The number of alkyl halides is 3. The van der Waals surface area contributed by atoms with E-state index in [0.717, 1.165) is 74.3 Å². The van der Waals surface area contributed by atoms with E-state index in [4.69, 9.17) is 24.2 Å². The van der Waals surface area contributed by atoms with Crippen molar-refractivity contribution in [2.75, 3.05) is 72.8 Å². The Balaban J connectivity index is 0.707. The molecule has 1 saturated carbocycles. The highest BCUT2D eigenvalue weighted by Crippen LogP contribution is 2.40. The molecule has 9 rings (SSSR count). The van der Waals surface area contributed by atoms with Crippen molar-refractivity contribution in [2.24, 2.45) is 5.92 Å². The number of likely N-dealkylation sites (tertiary alicyclic amines) is 2. The molecule has 0 bridgehead atoms. The van der Waals surface area contributed by atoms with Gasteiger partial charge >= 0.3 is 12.1 Å². The first-order valence-electron chi connectivity index (χ1n) is 27.0. The fourth-order valence-corrected chi connectivity index (χ4v) is 12.4. The van der Waals surface area contributed by atoms with Gasteiger partial charge in [-0.1, -0.05) is 79.0 Å². The summed E-state index contributed by atoms with van der Waals surface area (Å²) in [5.41, 5.74) is 2.60. The molecule has 2 saturated heterocycles. The first kappa shape index (κ1) is 57.3. The third kappa shape index (κ3) is 14.5. The molecule has 3 unspecified atom stereocenters. The second-order valence-electron chi connectivity index (χ2n) is 20.3. The molecule has 2 aliphatic heterocycles. The third-order valence-electron chi connectivity index (χ3n) is 15.1. The number of halogens is 3. The number of rotatable bonds is 24. The number of carbonyl (C=O) groups excluding carboxylic acids is 4. The SMILES string of the molecule is CNC(C)C(=O)NC(C(=O)N1CCCC1c1nc(C(=O)c2cccc(OCCOCCOCCN3CCC(CNC(=O)c4cccc(-c5noc(C(F)(F)F)n5)c4)(c4nc(-c5ccccc5)cs4)CC3)c2)cs1)C1CCCCC1. The Bertz CT molecular complexity index is 2990. The number of carbonyl (C=O) groups is 4. The van der Waals surface area contributed by atoms with E-state index in [9.17, 15) is 32.3 Å². The van der Waals surface area contributed by atoms with Gasteiger partial charge in [-0.2, -0.15) is 18.2 Å². The number of piperidine rings is 1. The fourth-order valence-electron chi connectivity index (χ4n) is 10.4. The molecule has 1 aliphatic carbocycles. The zero-order valence-corrected chi connectivity index (χ0v) is 45.9. The zero-order chi connectivity index (χ0) is 55.4. The van der Waals surface area contributed by atoms with Crippen LogP contribution in [0.2, 0.25) is 0 Å². The van der Waals surface area contributed by atoms with Crippen molar-refractivity contribution in [3.05, 3.63) is 122 Å². The minimum Gasteiger partial charge on any atom is -0.491 e. The molecule has 0 spiro atoms. The predicted octanol–water partition coefficient (Wildman–Crippen LogP) is 8.78. The van der Waals surface area contributed by atoms with Crippen LogP contribution in [0, 0.1) is 5.92 Å². The molecule has 79 heavy (non-hydrogen) atoms. The maximum Gasteiger partial charge on any atom is 0.471 e. The lowest BCUT2D eigenvalue weighted by atomic mass is 9.78. The average molecular weight is 1130 g/mol. The van der Waals surface area contributed by atoms with Gasteiger partial charge in [-0.05, 0) is 95.8 Å². The Labute approximate surface area is 465 Å². The van der Waals surface area contributed by atoms with Gasteiger partial charge in [-0.25, -0.2) is 9.97 Å². The molecule has 3 amide bonds. The summed E-state index contributed by atoms with van der Waals surface area (Å²) in [6, 6.07) is 21.7. The first-order chi connectivity index (χ1) is 38.3. The predicted molar refractivity (Wildman–Crippen MR) is 292 cm³/mol. The summed E-state index contributed by atoms with van der Waals surface area (Å²) in [6.07, 6.45) is 3.20. The molecule has 5 heterocycles. The maximum absolute atomic E-state index is 14.2. The number of nitrogens with zero attached hydrogens (tertiary/aromatic N) is 6. The molecular weight excluding hydrogens is 1060 g/mol. The quantitative estimate of drug-likeness (QED) is 0.0383. The Morgan fingerprint density at radius 3 is 2.29 bits per heavy atom. The molecule has 3 N–H and O–H groups in total. The molecule has 17 nitrogen and oxygen atoms in total. The van der Waals surface area contributed by atoms with E-state index in [2.05, 4.69) is 35.5 Å². The number of benzene rings is 3. The highest BCUT2D eigenvalue weighted by Gasteiger charge is 2.42. The number of likely N-dealkylation sites (N-methyl/N-ethyl adjacent to an activating group) is 1. The normalized spacial score (nSPS) is 17.8. The fraction of sp³-hybridized carbons (Fsp3) is 0.474. The van der Waals surface area contributed by atoms with E-state index >= 15 is 0 Å². The summed E-state index contributed by atoms with van der Waals surface area (Å²) in [6.45, 7) is 6.67. The van der Waals surface area contributed by atoms with Crippen LogP contribution < -0.4 is 20.7 Å². The van der Waals surface area contributed by atoms with Gasteiger partial charge in [0.15, 0.2) is 0 Å². The van der Waals surface area contributed by atoms with Crippen molar-refractivity contribution < 1.29 is 51.1 Å². The number of hydrogen-bond acceptors (Lipinski definition) is 16. The highest BCUT2D eigenvalue weighted by atomic mass is 32.1. The lowest BCUT2D eigenvalue weighted by Crippen LogP contribution is -2.55. The summed E-state index contributed by atoms with van der Waals surface area (Å²) < 4.78 is 61.5. The molecule has 6 aromatic rings. The van der Waals surface area contributed by atoms with E-state index in [1.54, 1.807) is 67.1 Å². The Hall–Kier alpha value is -6.43. The van der Waals surface area contributed by atoms with Crippen LogP contribution in [0.1, 0.15) is 113 Å². The van der Waals surface area contributed by atoms with Gasteiger partial charge in [0.1, 0.15) is 34.1 Å². The summed E-state index contributed by atoms with van der Waals surface area (Å²) in [7, 11) is 1.73. The van der Waals surface area contributed by atoms with Crippen LogP contribution in [0.4, 0.5) is 13.2 Å². The van der Waals surface area contributed by atoms with E-state index in [1.807, 2.05) is 40.6 Å². The van der Waals surface area contributed by atoms with E-state index < -0.39 is 29.6 Å². The topological polar surface area (TPSA) is 203 Å². The Kier molecular flexibility index (Phi) is 19.3. The van der Waals surface area contributed by atoms with Crippen molar-refractivity contribution in [2.45, 2.75) is 94.4 Å². The lowest BCUT2D eigenvalue weighted by molar-refractivity contribution is -0.159. The van der Waals surface area contributed by atoms with Crippen LogP contribution in [0.5, 0.6) is 5.75 Å². The number of thiazole rings is 2. The van der Waals surface area contributed by atoms with Gasteiger partial charge < -0.3 is 44.5 Å². The Morgan fingerprint density at radius 2 is 1.53 bits per heavy atom. The smallest absolute Gasteiger partial charge is 0.471 e. The third-order valence-corrected chi connectivity index (χ3v) is 17.1. The second kappa shape index (κ2) is 26.7. The van der Waals surface area contributed by atoms with Crippen LogP contribution in [0.3, 0.4) is 0 Å². The summed E-state index contributed by atoms with van der Waals surface area (Å²) in [4.78, 5) is 72.1. The molecule has 420 valence electrons. The van der Waals surface area contributed by atoms with Gasteiger partial charge in [0.05, 0.1) is 44.2 Å². The van der Waals surface area contributed by atoms with E-state index in [0.29, 0.717) is 80.9 Å². The van der Waals surface area contributed by atoms with Crippen LogP contribution in [0.25, 0.3) is 22.6 Å². The standard InChI is InChI=1S/C57H66F3N9O8S2/c1-37(61-2)50(71)65-47(39-14-7-4-8-15-39)53(73)69-23-11-20-46(69)52-63-45(35-78-52)48(70)40-16-10-19-43(33-40)76-31-30-75-29-28-74-27-26-68-24-21-56(22-25-68,55-64-44(34-79-55)38-12-5-3-6-13-38)36-62-51(72)42-18-9-17-41(32-42)49-66-54(77-67-49)57(58,59)60/h3,5-6,9-10,12-13,16-19,32-35,37,39,46-47,61H,4,7-8,11,14-15,20-31,36H2,1-2H3,(H,62,72)(H,65,71). The maximum atomic E-state index is 14.2. The van der Waals surface area contributed by atoms with Gasteiger partial charge in [-0.15, -0.1) is 22.7 Å². The van der Waals surface area contributed by atoms with Crippen molar-refractivity contribution in [3.63, 3.8) is 0 Å². The zero-order valence-electron chi connectivity index (χ0n) is 44.3. The first-order valence-corrected chi connectivity index (χ1v) is 28.7. The van der Waals surface area contributed by atoms with E-state index in [-0.39, 0.29) is 59.0 Å². The van der Waals surface area contributed by atoms with Gasteiger partial charge in [-0.3, -0.25) is 19.2 Å². The lowest BCUT2D eigenvalue weighted by Gasteiger charge is -2.40. The number of ether oxygens (including phenoxy) is 3. The minimum atomic E-state index is -4.79. The average Bonchev–Trinajstić information content (AvgIpc) is 4.43. The molecule has 22 heteroatoms. The molecule has 3 aromatic carbocycles. The van der Waals surface area contributed by atoms with Crippen molar-refractivity contribution in [1.82, 2.24) is 45.9 Å². The number of amides is 3. The molecular formula is C57H66F3N9O8S2. The van der Waals surface area contributed by atoms with Gasteiger partial charge in [0.2, 0.25) is 23.4 Å². The highest BCUT2D eigenvalue weighted by molar-refractivity contribution is 7.10. The molecule has 0 radical (unpaired) electrons. The second-order valence-corrected chi connectivity index (χ2v) is 22.0. The summed E-state index contributed by atoms with van der Waals surface area (Å²) >= 11 is 2.94. The molecule has 3 aromatic heterocycles. The summed E-state index contributed by atoms with van der Waals surface area (Å²) in [5.74, 6) is -2.02. The van der Waals surface area contributed by atoms with Crippen LogP contribution in [0.15, 0.2) is 94.1 Å². The van der Waals surface area contributed by atoms with Crippen LogP contribution in [-0.4, -0.2) is 138 Å². The van der Waals surface area contributed by atoms with Crippen LogP contribution >= 0.6 is 22.7 Å². The number of nitrogens with one attached hydrogen (secondary N) is 3. The Morgan fingerprint density at radius 1 is 0.797 bits per heavy atom. The van der Waals surface area contributed by atoms with Crippen molar-refractivity contribution >= 4 is 46.2 Å². The minimum absolute atomic E-state index is 0.0736. The number of ketones is 1. The van der Waals surface area contributed by atoms with Crippen molar-refractivity contribution in [1.29, 1.82) is 0 Å². The largest absolute Gasteiger partial charge is 0.491 e. The van der Waals surface area contributed by atoms with Crippen LogP contribution in [-0.2, 0) is 30.7 Å². The van der Waals surface area contributed by atoms with Crippen molar-refractivity contribution in [3.8, 4) is 28.4 Å². The van der Waals surface area contributed by atoms with E-state index in [1.165, 1.54) is 23.5 Å². The van der Waals surface area contributed by atoms with Gasteiger partial charge in [0, 0.05) is 58.1 Å². The molecule has 3 atom stereocenters. The molecule has 3 fully saturated rings. The molecule has 3 aliphatic rings.